The van der Waals surface area contributed by atoms with Crippen LogP contribution < -0.4 is 10.2 Å². The number of hydrogen-bond acceptors (Lipinski definition) is 3. The molecular weight excluding hydrogens is 212 g/mol. The number of nitrogens with one attached hydrogen (secondary N) is 1. The fourth-order valence-electron chi connectivity index (χ4n) is 2.42. The summed E-state index contributed by atoms with van der Waals surface area (Å²) in [6.07, 6.45) is 3.48. The number of rotatable bonds is 3. The summed E-state index contributed by atoms with van der Waals surface area (Å²) in [4.78, 5) is 2.07. The van der Waals surface area contributed by atoms with Crippen LogP contribution in [0.5, 0.6) is 5.75 Å². The van der Waals surface area contributed by atoms with Crippen molar-refractivity contribution >= 4 is 5.69 Å². The maximum Gasteiger partial charge on any atom is 0.118 e. The van der Waals surface area contributed by atoms with Gasteiger partial charge in [0.05, 0.1) is 0 Å². The van der Waals surface area contributed by atoms with E-state index in [1.165, 1.54) is 12.8 Å². The quantitative estimate of drug-likeness (QED) is 0.839. The molecule has 0 amide bonds. The van der Waals surface area contributed by atoms with E-state index in [1.807, 2.05) is 20.2 Å². The third kappa shape index (κ3) is 3.13. The second-order valence-electron chi connectivity index (χ2n) is 5.12. The van der Waals surface area contributed by atoms with Gasteiger partial charge in [-0.05, 0) is 62.0 Å². The average molecular weight is 234 g/mol. The Bertz CT molecular complexity index is 370. The molecule has 2 N–H and O–H groups in total. The van der Waals surface area contributed by atoms with Crippen LogP contribution in [-0.2, 0) is 6.42 Å². The van der Waals surface area contributed by atoms with Gasteiger partial charge in [-0.2, -0.15) is 0 Å². The highest BCUT2D eigenvalue weighted by atomic mass is 16.3. The van der Waals surface area contributed by atoms with Crippen LogP contribution in [0.15, 0.2) is 18.2 Å². The van der Waals surface area contributed by atoms with Crippen LogP contribution in [0, 0.1) is 5.92 Å². The lowest BCUT2D eigenvalue weighted by atomic mass is 9.92. The van der Waals surface area contributed by atoms with Crippen LogP contribution in [0.3, 0.4) is 0 Å². The SMILES string of the molecule is CN(C)c1ccc(O)c(CC2CCCNC2)c1. The maximum atomic E-state index is 9.91. The molecule has 1 saturated heterocycles. The first-order valence-electron chi connectivity index (χ1n) is 6.37. The zero-order valence-electron chi connectivity index (χ0n) is 10.7. The van der Waals surface area contributed by atoms with Crippen LogP contribution in [0.2, 0.25) is 0 Å². The molecule has 1 aliphatic heterocycles. The fraction of sp³-hybridized carbons (Fsp3) is 0.571. The number of phenolic OH excluding ortho intramolecular Hbond substituents is 1. The minimum absolute atomic E-state index is 0.432. The molecular formula is C14H22N2O. The summed E-state index contributed by atoms with van der Waals surface area (Å²) in [5.41, 5.74) is 2.23. The van der Waals surface area contributed by atoms with Crippen molar-refractivity contribution in [2.45, 2.75) is 19.3 Å². The number of nitrogens with zero attached hydrogens (tertiary/aromatic N) is 1. The highest BCUT2D eigenvalue weighted by molar-refractivity contribution is 5.51. The van der Waals surface area contributed by atoms with Gasteiger partial charge in [0.25, 0.3) is 0 Å². The summed E-state index contributed by atoms with van der Waals surface area (Å²) in [6.45, 7) is 2.21. The lowest BCUT2D eigenvalue weighted by Crippen LogP contribution is -2.30. The number of aromatic hydroxyl groups is 1. The predicted octanol–water partition coefficient (Wildman–Crippen LogP) is 2.00. The van der Waals surface area contributed by atoms with E-state index in [1.54, 1.807) is 6.07 Å². The molecule has 0 radical (unpaired) electrons. The summed E-state index contributed by atoms with van der Waals surface area (Å²) in [5.74, 6) is 1.09. The Hall–Kier alpha value is -1.22. The van der Waals surface area contributed by atoms with E-state index in [0.717, 1.165) is 30.8 Å². The molecule has 0 aromatic heterocycles. The van der Waals surface area contributed by atoms with Gasteiger partial charge < -0.3 is 15.3 Å². The number of anilines is 1. The number of hydrogen-bond donors (Lipinski definition) is 2. The number of phenols is 1. The maximum absolute atomic E-state index is 9.91. The van der Waals surface area contributed by atoms with Crippen molar-refractivity contribution < 1.29 is 5.11 Å². The first-order chi connectivity index (χ1) is 8.16. The normalized spacial score (nSPS) is 20.2. The van der Waals surface area contributed by atoms with E-state index in [2.05, 4.69) is 16.3 Å². The summed E-state index contributed by atoms with van der Waals surface area (Å²) in [6, 6.07) is 5.86. The molecule has 94 valence electrons. The van der Waals surface area contributed by atoms with Crippen molar-refractivity contribution in [3.05, 3.63) is 23.8 Å². The van der Waals surface area contributed by atoms with E-state index in [9.17, 15) is 5.11 Å². The van der Waals surface area contributed by atoms with Crippen molar-refractivity contribution in [1.29, 1.82) is 0 Å². The summed E-state index contributed by atoms with van der Waals surface area (Å²) in [7, 11) is 4.05. The lowest BCUT2D eigenvalue weighted by Gasteiger charge is -2.23. The lowest BCUT2D eigenvalue weighted by molar-refractivity contribution is 0.370. The first-order valence-corrected chi connectivity index (χ1v) is 6.37. The summed E-state index contributed by atoms with van der Waals surface area (Å²) in [5, 5.41) is 13.3. The molecule has 1 unspecified atom stereocenters. The molecule has 1 aliphatic rings. The summed E-state index contributed by atoms with van der Waals surface area (Å²) >= 11 is 0. The molecule has 1 aromatic rings. The van der Waals surface area contributed by atoms with Gasteiger partial charge in [0.1, 0.15) is 5.75 Å². The van der Waals surface area contributed by atoms with Gasteiger partial charge in [-0.1, -0.05) is 0 Å². The predicted molar refractivity (Wildman–Crippen MR) is 71.7 cm³/mol. The molecule has 1 atom stereocenters. The Morgan fingerprint density at radius 3 is 2.88 bits per heavy atom. The van der Waals surface area contributed by atoms with Gasteiger partial charge in [-0.15, -0.1) is 0 Å². The third-order valence-corrected chi connectivity index (χ3v) is 3.49. The van der Waals surface area contributed by atoms with E-state index in [4.69, 9.17) is 0 Å². The molecule has 2 rings (SSSR count). The second kappa shape index (κ2) is 5.41. The van der Waals surface area contributed by atoms with Crippen molar-refractivity contribution in [2.24, 2.45) is 5.92 Å². The van der Waals surface area contributed by atoms with Gasteiger partial charge in [0, 0.05) is 19.8 Å². The number of benzene rings is 1. The van der Waals surface area contributed by atoms with Gasteiger partial charge in [-0.3, -0.25) is 0 Å². The Kier molecular flexibility index (Phi) is 3.89. The standard InChI is InChI=1S/C14H22N2O/c1-16(2)13-5-6-14(17)12(9-13)8-11-4-3-7-15-10-11/h5-6,9,11,15,17H,3-4,7-8,10H2,1-2H3. The van der Waals surface area contributed by atoms with Gasteiger partial charge >= 0.3 is 0 Å². The molecule has 17 heavy (non-hydrogen) atoms. The Balaban J connectivity index is 2.10. The molecule has 3 heteroatoms. The summed E-state index contributed by atoms with van der Waals surface area (Å²) < 4.78 is 0. The van der Waals surface area contributed by atoms with Crippen LogP contribution >= 0.6 is 0 Å². The minimum atomic E-state index is 0.432. The van der Waals surface area contributed by atoms with Gasteiger partial charge in [-0.25, -0.2) is 0 Å². The molecule has 0 spiro atoms. The molecule has 1 fully saturated rings. The Labute approximate surface area is 103 Å². The van der Waals surface area contributed by atoms with Crippen molar-refractivity contribution in [2.75, 3.05) is 32.1 Å². The number of piperidine rings is 1. The van der Waals surface area contributed by atoms with E-state index in [0.29, 0.717) is 11.7 Å². The molecule has 1 aromatic carbocycles. The van der Waals surface area contributed by atoms with E-state index in [-0.39, 0.29) is 0 Å². The van der Waals surface area contributed by atoms with E-state index >= 15 is 0 Å². The zero-order valence-corrected chi connectivity index (χ0v) is 10.7. The van der Waals surface area contributed by atoms with Crippen LogP contribution in [0.25, 0.3) is 0 Å². The van der Waals surface area contributed by atoms with Crippen LogP contribution in [0.1, 0.15) is 18.4 Å². The highest BCUT2D eigenvalue weighted by Crippen LogP contribution is 2.27. The third-order valence-electron chi connectivity index (χ3n) is 3.49. The zero-order chi connectivity index (χ0) is 12.3. The molecule has 1 heterocycles. The van der Waals surface area contributed by atoms with Crippen molar-refractivity contribution in [1.82, 2.24) is 5.32 Å². The molecule has 0 bridgehead atoms. The average Bonchev–Trinajstić information content (AvgIpc) is 2.33. The Morgan fingerprint density at radius 2 is 2.24 bits per heavy atom. The van der Waals surface area contributed by atoms with Crippen LogP contribution in [-0.4, -0.2) is 32.3 Å². The fourth-order valence-corrected chi connectivity index (χ4v) is 2.42. The topological polar surface area (TPSA) is 35.5 Å². The largest absolute Gasteiger partial charge is 0.508 e. The smallest absolute Gasteiger partial charge is 0.118 e. The van der Waals surface area contributed by atoms with Gasteiger partial charge in [0.15, 0.2) is 0 Å². The van der Waals surface area contributed by atoms with Crippen molar-refractivity contribution in [3.63, 3.8) is 0 Å². The molecule has 0 aliphatic carbocycles. The van der Waals surface area contributed by atoms with E-state index < -0.39 is 0 Å². The second-order valence-corrected chi connectivity index (χ2v) is 5.12. The van der Waals surface area contributed by atoms with Crippen LogP contribution in [0.4, 0.5) is 5.69 Å². The monoisotopic (exact) mass is 234 g/mol. The van der Waals surface area contributed by atoms with Gasteiger partial charge in [0.2, 0.25) is 0 Å². The van der Waals surface area contributed by atoms with Crippen molar-refractivity contribution in [3.8, 4) is 5.75 Å². The molecule has 0 saturated carbocycles. The minimum Gasteiger partial charge on any atom is -0.508 e. The Morgan fingerprint density at radius 1 is 1.41 bits per heavy atom. The molecule has 3 nitrogen and oxygen atoms in total. The first kappa shape index (κ1) is 12.2. The highest BCUT2D eigenvalue weighted by Gasteiger charge is 2.15.